The van der Waals surface area contributed by atoms with Gasteiger partial charge in [0.2, 0.25) is 0 Å². The number of aryl methyl sites for hydroxylation is 1. The molecule has 0 aliphatic rings. The van der Waals surface area contributed by atoms with Crippen LogP contribution in [-0.4, -0.2) is 13.4 Å². The van der Waals surface area contributed by atoms with Gasteiger partial charge in [-0.3, -0.25) is 4.98 Å². The molecule has 1 aromatic heterocycles. The summed E-state index contributed by atoms with van der Waals surface area (Å²) in [6.45, 7) is 1.83. The predicted molar refractivity (Wildman–Crippen MR) is 70.7 cm³/mol. The first kappa shape index (κ1) is 12.6. The molecule has 0 radical (unpaired) electrons. The number of rotatable bonds is 3. The Kier molecular flexibility index (Phi) is 3.34. The molecule has 0 unspecified atom stereocenters. The van der Waals surface area contributed by atoms with Crippen molar-refractivity contribution in [3.63, 3.8) is 0 Å². The van der Waals surface area contributed by atoms with Gasteiger partial charge in [0.1, 0.15) is 0 Å². The van der Waals surface area contributed by atoms with E-state index in [-0.39, 0.29) is 16.3 Å². The molecular formula is C13H14N2O2S. The summed E-state index contributed by atoms with van der Waals surface area (Å²) < 4.78 is 24.5. The molecule has 0 fully saturated rings. The number of nitrogen functional groups attached to an aromatic ring is 1. The van der Waals surface area contributed by atoms with Crippen molar-refractivity contribution < 1.29 is 8.42 Å². The first-order chi connectivity index (χ1) is 8.49. The van der Waals surface area contributed by atoms with Crippen molar-refractivity contribution in [3.05, 3.63) is 53.9 Å². The van der Waals surface area contributed by atoms with Gasteiger partial charge in [0.25, 0.3) is 0 Å². The molecule has 18 heavy (non-hydrogen) atoms. The lowest BCUT2D eigenvalue weighted by molar-refractivity contribution is 0.595. The van der Waals surface area contributed by atoms with Crippen LogP contribution in [0.5, 0.6) is 0 Å². The summed E-state index contributed by atoms with van der Waals surface area (Å²) in [6.07, 6.45) is 1.57. The van der Waals surface area contributed by atoms with Crippen LogP contribution in [0.1, 0.15) is 11.3 Å². The molecule has 0 saturated carbocycles. The molecule has 0 atom stereocenters. The van der Waals surface area contributed by atoms with Gasteiger partial charge in [-0.15, -0.1) is 0 Å². The summed E-state index contributed by atoms with van der Waals surface area (Å²) in [5.74, 6) is -0.137. The van der Waals surface area contributed by atoms with E-state index in [1.54, 1.807) is 42.6 Å². The summed E-state index contributed by atoms with van der Waals surface area (Å²) in [5, 5.41) is 0. The maximum atomic E-state index is 12.3. The molecule has 0 saturated heterocycles. The van der Waals surface area contributed by atoms with Gasteiger partial charge in [0, 0.05) is 6.20 Å². The van der Waals surface area contributed by atoms with Crippen molar-refractivity contribution in [3.8, 4) is 0 Å². The van der Waals surface area contributed by atoms with E-state index in [2.05, 4.69) is 4.98 Å². The topological polar surface area (TPSA) is 73.1 Å². The number of hydrogen-bond donors (Lipinski definition) is 1. The van der Waals surface area contributed by atoms with Gasteiger partial charge in [-0.05, 0) is 36.8 Å². The van der Waals surface area contributed by atoms with Crippen molar-refractivity contribution in [2.45, 2.75) is 17.6 Å². The molecule has 1 heterocycles. The Morgan fingerprint density at radius 3 is 2.67 bits per heavy atom. The molecule has 0 aliphatic heterocycles. The molecule has 0 aliphatic carbocycles. The summed E-state index contributed by atoms with van der Waals surface area (Å²) in [6, 6.07) is 10.2. The highest BCUT2D eigenvalue weighted by Gasteiger charge is 2.19. The Morgan fingerprint density at radius 2 is 2.00 bits per heavy atom. The van der Waals surface area contributed by atoms with E-state index in [4.69, 9.17) is 5.73 Å². The van der Waals surface area contributed by atoms with Gasteiger partial charge in [-0.1, -0.05) is 12.1 Å². The average Bonchev–Trinajstić information content (AvgIpc) is 2.33. The van der Waals surface area contributed by atoms with Crippen molar-refractivity contribution in [2.75, 3.05) is 5.73 Å². The maximum Gasteiger partial charge on any atom is 0.186 e. The minimum Gasteiger partial charge on any atom is -0.398 e. The highest BCUT2D eigenvalue weighted by atomic mass is 32.2. The zero-order chi connectivity index (χ0) is 13.2. The molecule has 2 aromatic rings. The van der Waals surface area contributed by atoms with Gasteiger partial charge in [0.15, 0.2) is 9.84 Å². The lowest BCUT2D eigenvalue weighted by Crippen LogP contribution is -2.09. The van der Waals surface area contributed by atoms with E-state index in [0.717, 1.165) is 5.56 Å². The van der Waals surface area contributed by atoms with Crippen LogP contribution in [0.2, 0.25) is 0 Å². The van der Waals surface area contributed by atoms with E-state index >= 15 is 0 Å². The molecule has 94 valence electrons. The van der Waals surface area contributed by atoms with Crippen molar-refractivity contribution in [2.24, 2.45) is 0 Å². The van der Waals surface area contributed by atoms with Crippen LogP contribution in [0.15, 0.2) is 47.5 Å². The second-order valence-corrected chi connectivity index (χ2v) is 6.08. The average molecular weight is 262 g/mol. The van der Waals surface area contributed by atoms with Crippen LogP contribution >= 0.6 is 0 Å². The fourth-order valence-electron chi connectivity index (χ4n) is 1.67. The smallest absolute Gasteiger partial charge is 0.186 e. The molecule has 0 amide bonds. The number of nitrogens with two attached hydrogens (primary N) is 1. The summed E-state index contributed by atoms with van der Waals surface area (Å²) in [5.41, 5.74) is 7.38. The second-order valence-electron chi connectivity index (χ2n) is 4.12. The van der Waals surface area contributed by atoms with Gasteiger partial charge in [-0.2, -0.15) is 0 Å². The predicted octanol–water partition coefficient (Wildman–Crippen LogP) is 1.95. The number of pyridine rings is 1. The Bertz CT molecular complexity index is 652. The van der Waals surface area contributed by atoms with Crippen LogP contribution in [0.4, 0.5) is 5.69 Å². The van der Waals surface area contributed by atoms with Gasteiger partial charge >= 0.3 is 0 Å². The lowest BCUT2D eigenvalue weighted by atomic mass is 10.2. The van der Waals surface area contributed by atoms with Gasteiger partial charge in [-0.25, -0.2) is 8.42 Å². The zero-order valence-corrected chi connectivity index (χ0v) is 10.8. The molecule has 0 spiro atoms. The van der Waals surface area contributed by atoms with Crippen LogP contribution in [0, 0.1) is 6.92 Å². The largest absolute Gasteiger partial charge is 0.398 e. The summed E-state index contributed by atoms with van der Waals surface area (Å²) >= 11 is 0. The quantitative estimate of drug-likeness (QED) is 0.858. The molecular weight excluding hydrogens is 248 g/mol. The standard InChI is InChI=1S/C13H14N2O2S/c1-10-5-6-12(14)13(8-10)18(16,17)9-11-4-2-3-7-15-11/h2-8H,9,14H2,1H3. The molecule has 2 N–H and O–H groups in total. The Labute approximate surface area is 106 Å². The Morgan fingerprint density at radius 1 is 1.22 bits per heavy atom. The molecule has 0 bridgehead atoms. The van der Waals surface area contributed by atoms with E-state index in [0.29, 0.717) is 5.69 Å². The van der Waals surface area contributed by atoms with Crippen LogP contribution in [0.3, 0.4) is 0 Å². The highest BCUT2D eigenvalue weighted by Crippen LogP contribution is 2.23. The number of benzene rings is 1. The SMILES string of the molecule is Cc1ccc(N)c(S(=O)(=O)Cc2ccccn2)c1. The number of nitrogens with zero attached hydrogens (tertiary/aromatic N) is 1. The fraction of sp³-hybridized carbons (Fsp3) is 0.154. The number of aromatic nitrogens is 1. The lowest BCUT2D eigenvalue weighted by Gasteiger charge is -2.08. The first-order valence-electron chi connectivity index (χ1n) is 5.48. The fourth-order valence-corrected chi connectivity index (χ4v) is 3.18. The van der Waals surface area contributed by atoms with E-state index < -0.39 is 9.84 Å². The maximum absolute atomic E-state index is 12.3. The van der Waals surface area contributed by atoms with E-state index in [9.17, 15) is 8.42 Å². The third kappa shape index (κ3) is 2.68. The van der Waals surface area contributed by atoms with Crippen LogP contribution < -0.4 is 5.73 Å². The van der Waals surface area contributed by atoms with Crippen LogP contribution in [-0.2, 0) is 15.6 Å². The molecule has 5 heteroatoms. The zero-order valence-electron chi connectivity index (χ0n) is 10.00. The summed E-state index contributed by atoms with van der Waals surface area (Å²) in [7, 11) is -3.45. The number of sulfone groups is 1. The third-order valence-electron chi connectivity index (χ3n) is 2.57. The number of anilines is 1. The second kappa shape index (κ2) is 4.78. The van der Waals surface area contributed by atoms with E-state index in [1.807, 2.05) is 6.92 Å². The summed E-state index contributed by atoms with van der Waals surface area (Å²) in [4.78, 5) is 4.20. The number of hydrogen-bond acceptors (Lipinski definition) is 4. The Balaban J connectivity index is 2.40. The third-order valence-corrected chi connectivity index (χ3v) is 4.27. The minimum absolute atomic E-state index is 0.137. The van der Waals surface area contributed by atoms with E-state index in [1.165, 1.54) is 0 Å². The monoisotopic (exact) mass is 262 g/mol. The minimum atomic E-state index is -3.45. The van der Waals surface area contributed by atoms with Crippen molar-refractivity contribution in [1.82, 2.24) is 4.98 Å². The van der Waals surface area contributed by atoms with Gasteiger partial charge in [0.05, 0.1) is 22.0 Å². The molecule has 1 aromatic carbocycles. The molecule has 2 rings (SSSR count). The van der Waals surface area contributed by atoms with Crippen molar-refractivity contribution >= 4 is 15.5 Å². The van der Waals surface area contributed by atoms with Crippen LogP contribution in [0.25, 0.3) is 0 Å². The first-order valence-corrected chi connectivity index (χ1v) is 7.13. The van der Waals surface area contributed by atoms with Gasteiger partial charge < -0.3 is 5.73 Å². The highest BCUT2D eigenvalue weighted by molar-refractivity contribution is 7.90. The Hall–Kier alpha value is -1.88. The molecule has 4 nitrogen and oxygen atoms in total. The normalized spacial score (nSPS) is 11.4. The van der Waals surface area contributed by atoms with Crippen molar-refractivity contribution in [1.29, 1.82) is 0 Å².